The van der Waals surface area contributed by atoms with Crippen molar-refractivity contribution >= 4 is 6.08 Å². The largest absolute Gasteiger partial charge is 0.0844 e. The van der Waals surface area contributed by atoms with Crippen molar-refractivity contribution in [2.24, 2.45) is 0 Å². The van der Waals surface area contributed by atoms with Crippen LogP contribution in [0.25, 0.3) is 6.08 Å². The molecule has 15 heavy (non-hydrogen) atoms. The number of benzene rings is 1. The summed E-state index contributed by atoms with van der Waals surface area (Å²) in [5.41, 5.74) is 4.28. The smallest absolute Gasteiger partial charge is 0.0224 e. The molecule has 80 valence electrons. The van der Waals surface area contributed by atoms with Gasteiger partial charge < -0.3 is 0 Å². The van der Waals surface area contributed by atoms with Crippen LogP contribution in [0.4, 0.5) is 0 Å². The lowest BCUT2D eigenvalue weighted by Gasteiger charge is -2.01. The third-order valence-corrected chi connectivity index (χ3v) is 2.59. The van der Waals surface area contributed by atoms with Crippen molar-refractivity contribution in [2.45, 2.75) is 33.6 Å². The highest BCUT2D eigenvalue weighted by molar-refractivity contribution is 5.58. The fraction of sp³-hybridized carbons (Fsp3) is 0.333. The van der Waals surface area contributed by atoms with Gasteiger partial charge >= 0.3 is 0 Å². The molecular weight excluding hydrogens is 180 g/mol. The summed E-state index contributed by atoms with van der Waals surface area (Å²) in [6.07, 6.45) is 8.98. The summed E-state index contributed by atoms with van der Waals surface area (Å²) >= 11 is 0. The van der Waals surface area contributed by atoms with Gasteiger partial charge in [-0.05, 0) is 30.9 Å². The summed E-state index contributed by atoms with van der Waals surface area (Å²) in [5.74, 6) is 0. The Morgan fingerprint density at radius 3 is 2.47 bits per heavy atom. The van der Waals surface area contributed by atoms with E-state index in [-0.39, 0.29) is 0 Å². The molecule has 1 aromatic rings. The second-order valence-electron chi connectivity index (χ2n) is 3.40. The van der Waals surface area contributed by atoms with Crippen LogP contribution in [0.1, 0.15) is 38.3 Å². The van der Waals surface area contributed by atoms with Crippen LogP contribution in [-0.4, -0.2) is 0 Å². The Bertz CT molecular complexity index is 356. The van der Waals surface area contributed by atoms with Crippen LogP contribution in [0.2, 0.25) is 0 Å². The summed E-state index contributed by atoms with van der Waals surface area (Å²) in [5, 5.41) is 0. The van der Waals surface area contributed by atoms with E-state index in [1.165, 1.54) is 29.5 Å². The molecule has 0 aromatic heterocycles. The lowest BCUT2D eigenvalue weighted by molar-refractivity contribution is 0.969. The number of rotatable bonds is 0. The van der Waals surface area contributed by atoms with Crippen molar-refractivity contribution in [3.05, 3.63) is 53.1 Å². The molecule has 1 aromatic carbocycles. The molecule has 0 saturated carbocycles. The SMILES string of the molecule is C/C=C1\C=Cc2ccccc2CC1.CC. The Morgan fingerprint density at radius 2 is 1.73 bits per heavy atom. The molecule has 0 nitrogen and oxygen atoms in total. The lowest BCUT2D eigenvalue weighted by Crippen LogP contribution is -1.86. The fourth-order valence-corrected chi connectivity index (χ4v) is 1.72. The highest BCUT2D eigenvalue weighted by atomic mass is 14.1. The standard InChI is InChI=1S/C13H14.C2H6/c1-2-11-7-9-12-5-3-4-6-13(12)10-8-11;1-2/h2-7,9H,8,10H2,1H3;1-2H3/b11-2+;. The van der Waals surface area contributed by atoms with Crippen molar-refractivity contribution in [3.8, 4) is 0 Å². The first kappa shape index (κ1) is 11.8. The average Bonchev–Trinajstić information content (AvgIpc) is 2.54. The van der Waals surface area contributed by atoms with E-state index in [2.05, 4.69) is 49.4 Å². The molecule has 0 heterocycles. The molecule has 0 spiro atoms. The molecule has 0 atom stereocenters. The van der Waals surface area contributed by atoms with Gasteiger partial charge in [-0.25, -0.2) is 0 Å². The van der Waals surface area contributed by atoms with Crippen molar-refractivity contribution in [2.75, 3.05) is 0 Å². The first-order chi connectivity index (χ1) is 7.40. The van der Waals surface area contributed by atoms with Gasteiger partial charge in [-0.15, -0.1) is 0 Å². The van der Waals surface area contributed by atoms with E-state index in [0.717, 1.165) is 0 Å². The maximum atomic E-state index is 2.23. The quantitative estimate of drug-likeness (QED) is 0.573. The molecule has 0 unspecified atom stereocenters. The van der Waals surface area contributed by atoms with Gasteiger partial charge in [-0.2, -0.15) is 0 Å². The van der Waals surface area contributed by atoms with Crippen LogP contribution in [0, 0.1) is 0 Å². The molecule has 0 fully saturated rings. The lowest BCUT2D eigenvalue weighted by atomic mass is 10.0. The normalized spacial score (nSPS) is 16.3. The average molecular weight is 200 g/mol. The van der Waals surface area contributed by atoms with Crippen molar-refractivity contribution in [1.29, 1.82) is 0 Å². The molecule has 1 aliphatic rings. The summed E-state index contributed by atoms with van der Waals surface area (Å²) < 4.78 is 0. The summed E-state index contributed by atoms with van der Waals surface area (Å²) in [6.45, 7) is 6.11. The minimum Gasteiger partial charge on any atom is -0.0844 e. The molecule has 0 saturated heterocycles. The van der Waals surface area contributed by atoms with Crippen molar-refractivity contribution in [1.82, 2.24) is 0 Å². The van der Waals surface area contributed by atoms with E-state index in [9.17, 15) is 0 Å². The van der Waals surface area contributed by atoms with Gasteiger partial charge in [0.1, 0.15) is 0 Å². The van der Waals surface area contributed by atoms with E-state index in [1.54, 1.807) is 0 Å². The number of hydrogen-bond donors (Lipinski definition) is 0. The molecule has 0 aliphatic heterocycles. The monoisotopic (exact) mass is 200 g/mol. The van der Waals surface area contributed by atoms with Crippen molar-refractivity contribution < 1.29 is 0 Å². The van der Waals surface area contributed by atoms with Gasteiger partial charge in [-0.1, -0.05) is 61.9 Å². The Balaban J connectivity index is 0.000000531. The second-order valence-corrected chi connectivity index (χ2v) is 3.40. The number of allylic oxidation sites excluding steroid dienone is 3. The summed E-state index contributed by atoms with van der Waals surface area (Å²) in [6, 6.07) is 8.62. The Hall–Kier alpha value is -1.30. The first-order valence-electron chi connectivity index (χ1n) is 5.81. The second kappa shape index (κ2) is 6.23. The number of hydrogen-bond acceptors (Lipinski definition) is 0. The van der Waals surface area contributed by atoms with Crippen LogP contribution in [0.3, 0.4) is 0 Å². The topological polar surface area (TPSA) is 0 Å². The highest BCUT2D eigenvalue weighted by Gasteiger charge is 2.03. The molecule has 2 rings (SSSR count). The van der Waals surface area contributed by atoms with Gasteiger partial charge in [0.25, 0.3) is 0 Å². The first-order valence-corrected chi connectivity index (χ1v) is 5.81. The third kappa shape index (κ3) is 3.09. The Kier molecular flexibility index (Phi) is 4.89. The van der Waals surface area contributed by atoms with Gasteiger partial charge in [0.15, 0.2) is 0 Å². The zero-order valence-corrected chi connectivity index (χ0v) is 9.96. The molecule has 0 bridgehead atoms. The van der Waals surface area contributed by atoms with Gasteiger partial charge in [0.05, 0.1) is 0 Å². The minimum absolute atomic E-state index is 1.17. The maximum Gasteiger partial charge on any atom is -0.0224 e. The third-order valence-electron chi connectivity index (χ3n) is 2.59. The Morgan fingerprint density at radius 1 is 1.00 bits per heavy atom. The van der Waals surface area contributed by atoms with E-state index in [4.69, 9.17) is 0 Å². The molecular formula is C15H20. The van der Waals surface area contributed by atoms with Crippen LogP contribution >= 0.6 is 0 Å². The molecule has 0 amide bonds. The predicted molar refractivity (Wildman–Crippen MR) is 68.9 cm³/mol. The highest BCUT2D eigenvalue weighted by Crippen LogP contribution is 2.20. The fourth-order valence-electron chi connectivity index (χ4n) is 1.72. The summed E-state index contributed by atoms with van der Waals surface area (Å²) in [7, 11) is 0. The number of fused-ring (bicyclic) bond motifs is 1. The predicted octanol–water partition coefficient (Wildman–Crippen LogP) is 4.62. The molecule has 0 radical (unpaired) electrons. The van der Waals surface area contributed by atoms with Gasteiger partial charge in [0.2, 0.25) is 0 Å². The molecule has 0 heteroatoms. The van der Waals surface area contributed by atoms with Gasteiger partial charge in [-0.3, -0.25) is 0 Å². The summed E-state index contributed by atoms with van der Waals surface area (Å²) in [4.78, 5) is 0. The molecule has 0 N–H and O–H groups in total. The maximum absolute atomic E-state index is 2.23. The molecule has 1 aliphatic carbocycles. The zero-order valence-electron chi connectivity index (χ0n) is 9.96. The van der Waals surface area contributed by atoms with Crippen LogP contribution in [-0.2, 0) is 6.42 Å². The number of aryl methyl sites for hydroxylation is 1. The minimum atomic E-state index is 1.17. The van der Waals surface area contributed by atoms with Gasteiger partial charge in [0, 0.05) is 0 Å². The van der Waals surface area contributed by atoms with Crippen molar-refractivity contribution in [3.63, 3.8) is 0 Å². The Labute approximate surface area is 93.3 Å². The van der Waals surface area contributed by atoms with Crippen LogP contribution in [0.5, 0.6) is 0 Å². The van der Waals surface area contributed by atoms with E-state index >= 15 is 0 Å². The van der Waals surface area contributed by atoms with E-state index in [1.807, 2.05) is 13.8 Å². The van der Waals surface area contributed by atoms with E-state index < -0.39 is 0 Å². The van der Waals surface area contributed by atoms with Crippen LogP contribution in [0.15, 0.2) is 42.0 Å². The zero-order chi connectivity index (χ0) is 11.1. The van der Waals surface area contributed by atoms with Crippen LogP contribution < -0.4 is 0 Å². The van der Waals surface area contributed by atoms with E-state index in [0.29, 0.717) is 0 Å².